The van der Waals surface area contributed by atoms with Crippen molar-refractivity contribution in [1.29, 1.82) is 0 Å². The highest BCUT2D eigenvalue weighted by Crippen LogP contribution is 2.22. The highest BCUT2D eigenvalue weighted by atomic mass is 16.5. The summed E-state index contributed by atoms with van der Waals surface area (Å²) in [4.78, 5) is 29.7. The second-order valence-electron chi connectivity index (χ2n) is 5.96. The number of ether oxygens (including phenoxy) is 1. The van der Waals surface area contributed by atoms with Crippen molar-refractivity contribution >= 4 is 11.9 Å². The number of aromatic amines is 1. The van der Waals surface area contributed by atoms with E-state index in [9.17, 15) is 4.79 Å². The maximum atomic E-state index is 11.0. The van der Waals surface area contributed by atoms with Crippen molar-refractivity contribution in [2.45, 2.75) is 33.4 Å². The van der Waals surface area contributed by atoms with Crippen LogP contribution in [0.2, 0.25) is 0 Å². The van der Waals surface area contributed by atoms with Crippen molar-refractivity contribution in [2.75, 3.05) is 24.6 Å². The number of imidazole rings is 1. The number of hydrogen-bond donors (Lipinski definition) is 2. The molecule has 0 unspecified atom stereocenters. The number of anilines is 1. The quantitative estimate of drug-likeness (QED) is 0.869. The topological polar surface area (TPSA) is 96.0 Å². The van der Waals surface area contributed by atoms with Crippen LogP contribution in [0.25, 0.3) is 0 Å². The van der Waals surface area contributed by atoms with Gasteiger partial charge in [0.2, 0.25) is 11.9 Å². The number of amides is 1. The van der Waals surface area contributed by atoms with Gasteiger partial charge in [-0.2, -0.15) is 0 Å². The van der Waals surface area contributed by atoms with Gasteiger partial charge in [0, 0.05) is 24.9 Å². The van der Waals surface area contributed by atoms with Crippen LogP contribution in [0.15, 0.2) is 12.3 Å². The van der Waals surface area contributed by atoms with E-state index in [2.05, 4.69) is 30.2 Å². The van der Waals surface area contributed by atoms with Crippen molar-refractivity contribution in [2.24, 2.45) is 0 Å². The van der Waals surface area contributed by atoms with Gasteiger partial charge in [-0.15, -0.1) is 0 Å². The van der Waals surface area contributed by atoms with E-state index in [-0.39, 0.29) is 12.0 Å². The summed E-state index contributed by atoms with van der Waals surface area (Å²) in [6.07, 6.45) is 1.55. The number of hydrogen-bond acceptors (Lipinski definition) is 6. The third kappa shape index (κ3) is 3.88. The maximum absolute atomic E-state index is 11.0. The van der Waals surface area contributed by atoms with Crippen molar-refractivity contribution in [1.82, 2.24) is 25.3 Å². The summed E-state index contributed by atoms with van der Waals surface area (Å²) in [5.41, 5.74) is 2.76. The molecule has 0 saturated carbocycles. The molecule has 3 heterocycles. The SMILES string of the molecule is CC(=O)NCc1cnc([C@H]2CN(c3nc(C)cc(C)n3)CCO2)[nH]1. The molecule has 1 amide bonds. The van der Waals surface area contributed by atoms with Crippen LogP contribution >= 0.6 is 0 Å². The smallest absolute Gasteiger partial charge is 0.225 e. The van der Waals surface area contributed by atoms with Gasteiger partial charge >= 0.3 is 0 Å². The fourth-order valence-corrected chi connectivity index (χ4v) is 2.69. The Balaban J connectivity index is 1.70. The van der Waals surface area contributed by atoms with Crippen molar-refractivity contribution < 1.29 is 9.53 Å². The fourth-order valence-electron chi connectivity index (χ4n) is 2.69. The second-order valence-corrected chi connectivity index (χ2v) is 5.96. The first-order chi connectivity index (χ1) is 11.5. The van der Waals surface area contributed by atoms with Crippen LogP contribution in [0.5, 0.6) is 0 Å². The molecule has 0 aromatic carbocycles. The number of nitrogens with zero attached hydrogens (tertiary/aromatic N) is 4. The number of nitrogens with one attached hydrogen (secondary N) is 2. The zero-order chi connectivity index (χ0) is 17.1. The Morgan fingerprint density at radius 3 is 2.88 bits per heavy atom. The first kappa shape index (κ1) is 16.4. The lowest BCUT2D eigenvalue weighted by Crippen LogP contribution is -2.40. The standard InChI is InChI=1S/C16H22N6O2/c1-10-6-11(2)20-16(19-10)22-4-5-24-14(9-22)15-18-8-13(21-15)7-17-12(3)23/h6,8,14H,4-5,7,9H2,1-3H3,(H,17,23)(H,18,21)/t14-/m1/s1. The molecule has 3 rings (SSSR count). The highest BCUT2D eigenvalue weighted by molar-refractivity contribution is 5.72. The van der Waals surface area contributed by atoms with E-state index in [0.717, 1.165) is 35.4 Å². The Morgan fingerprint density at radius 2 is 2.17 bits per heavy atom. The lowest BCUT2D eigenvalue weighted by Gasteiger charge is -2.32. The predicted molar refractivity (Wildman–Crippen MR) is 88.5 cm³/mol. The Hall–Kier alpha value is -2.48. The molecule has 8 nitrogen and oxygen atoms in total. The summed E-state index contributed by atoms with van der Waals surface area (Å²) < 4.78 is 5.84. The fraction of sp³-hybridized carbons (Fsp3) is 0.500. The molecule has 24 heavy (non-hydrogen) atoms. The number of aromatic nitrogens is 4. The third-order valence-electron chi connectivity index (χ3n) is 3.80. The number of H-pyrrole nitrogens is 1. The minimum absolute atomic E-state index is 0.0711. The molecule has 1 saturated heterocycles. The molecule has 2 N–H and O–H groups in total. The Bertz CT molecular complexity index is 709. The first-order valence-electron chi connectivity index (χ1n) is 7.98. The summed E-state index contributed by atoms with van der Waals surface area (Å²) in [5, 5.41) is 2.74. The van der Waals surface area contributed by atoms with Gasteiger partial charge in [0.25, 0.3) is 0 Å². The van der Waals surface area contributed by atoms with E-state index >= 15 is 0 Å². The van der Waals surface area contributed by atoms with Crippen molar-refractivity contribution in [3.8, 4) is 0 Å². The van der Waals surface area contributed by atoms with E-state index < -0.39 is 0 Å². The summed E-state index contributed by atoms with van der Waals surface area (Å²) in [6.45, 7) is 7.83. The summed E-state index contributed by atoms with van der Waals surface area (Å²) in [5.74, 6) is 1.41. The molecule has 0 aliphatic carbocycles. The minimum atomic E-state index is -0.172. The van der Waals surface area contributed by atoms with E-state index in [4.69, 9.17) is 4.74 Å². The highest BCUT2D eigenvalue weighted by Gasteiger charge is 2.26. The number of rotatable bonds is 4. The summed E-state index contributed by atoms with van der Waals surface area (Å²) >= 11 is 0. The molecule has 1 aliphatic heterocycles. The molecule has 2 aromatic heterocycles. The number of aryl methyl sites for hydroxylation is 2. The zero-order valence-corrected chi connectivity index (χ0v) is 14.2. The van der Waals surface area contributed by atoms with Crippen LogP contribution in [0, 0.1) is 13.8 Å². The molecule has 1 aliphatic rings. The van der Waals surface area contributed by atoms with Gasteiger partial charge in [0.1, 0.15) is 11.9 Å². The molecule has 2 aromatic rings. The molecular formula is C16H22N6O2. The molecule has 128 valence electrons. The van der Waals surface area contributed by atoms with Crippen LogP contribution in [0.4, 0.5) is 5.95 Å². The lowest BCUT2D eigenvalue weighted by molar-refractivity contribution is -0.119. The van der Waals surface area contributed by atoms with E-state index in [0.29, 0.717) is 19.7 Å². The average Bonchev–Trinajstić information content (AvgIpc) is 3.01. The molecule has 0 spiro atoms. The van der Waals surface area contributed by atoms with E-state index in [1.807, 2.05) is 19.9 Å². The van der Waals surface area contributed by atoms with Gasteiger partial charge in [0.05, 0.1) is 31.6 Å². The Kier molecular flexibility index (Phi) is 4.75. The maximum Gasteiger partial charge on any atom is 0.225 e. The van der Waals surface area contributed by atoms with Crippen LogP contribution in [0.1, 0.15) is 35.9 Å². The van der Waals surface area contributed by atoms with Gasteiger partial charge in [-0.25, -0.2) is 15.0 Å². The number of carbonyl (C=O) groups excluding carboxylic acids is 1. The van der Waals surface area contributed by atoms with Crippen LogP contribution in [-0.4, -0.2) is 45.5 Å². The first-order valence-corrected chi connectivity index (χ1v) is 7.98. The van der Waals surface area contributed by atoms with Crippen LogP contribution < -0.4 is 10.2 Å². The van der Waals surface area contributed by atoms with Gasteiger partial charge in [-0.05, 0) is 19.9 Å². The Labute approximate surface area is 140 Å². The second kappa shape index (κ2) is 6.96. The van der Waals surface area contributed by atoms with Crippen LogP contribution in [0.3, 0.4) is 0 Å². The number of carbonyl (C=O) groups is 1. The Morgan fingerprint density at radius 1 is 1.42 bits per heavy atom. The van der Waals surface area contributed by atoms with Crippen molar-refractivity contribution in [3.05, 3.63) is 35.2 Å². The predicted octanol–water partition coefficient (Wildman–Crippen LogP) is 1.03. The van der Waals surface area contributed by atoms with E-state index in [1.165, 1.54) is 6.92 Å². The summed E-state index contributed by atoms with van der Waals surface area (Å²) in [6, 6.07) is 1.96. The molecule has 1 fully saturated rings. The van der Waals surface area contributed by atoms with E-state index in [1.54, 1.807) is 6.20 Å². The minimum Gasteiger partial charge on any atom is -0.367 e. The zero-order valence-electron chi connectivity index (χ0n) is 14.2. The average molecular weight is 330 g/mol. The molecule has 1 atom stereocenters. The van der Waals surface area contributed by atoms with Crippen molar-refractivity contribution in [3.63, 3.8) is 0 Å². The third-order valence-corrected chi connectivity index (χ3v) is 3.80. The normalized spacial score (nSPS) is 17.8. The van der Waals surface area contributed by atoms with Gasteiger partial charge in [-0.3, -0.25) is 4.79 Å². The molecule has 0 radical (unpaired) electrons. The molecule has 0 bridgehead atoms. The monoisotopic (exact) mass is 330 g/mol. The van der Waals surface area contributed by atoms with Crippen LogP contribution in [-0.2, 0) is 16.1 Å². The number of morpholine rings is 1. The van der Waals surface area contributed by atoms with Gasteiger partial charge in [0.15, 0.2) is 0 Å². The van der Waals surface area contributed by atoms with Gasteiger partial charge in [-0.1, -0.05) is 0 Å². The summed E-state index contributed by atoms with van der Waals surface area (Å²) in [7, 11) is 0. The lowest BCUT2D eigenvalue weighted by atomic mass is 10.2. The largest absolute Gasteiger partial charge is 0.367 e. The molecular weight excluding hydrogens is 308 g/mol. The van der Waals surface area contributed by atoms with Gasteiger partial charge < -0.3 is 19.9 Å². The molecule has 8 heteroatoms.